The fourth-order valence-electron chi connectivity index (χ4n) is 2.28. The summed E-state index contributed by atoms with van der Waals surface area (Å²) in [6.07, 6.45) is 1.69. The quantitative estimate of drug-likeness (QED) is 0.800. The topological polar surface area (TPSA) is 59.9 Å². The standard InChI is InChI=1S/C15H14FN3O2/c1-21-8-7-19-6-5-12-13(15(19)20)14(18-17-12)10-3-2-4-11(16)9-10/h2-6,9H,7-8H2,1H3,(H,17,18). The van der Waals surface area contributed by atoms with Gasteiger partial charge in [-0.15, -0.1) is 0 Å². The molecule has 0 atom stereocenters. The monoisotopic (exact) mass is 287 g/mol. The molecule has 0 bridgehead atoms. The molecule has 3 aromatic rings. The van der Waals surface area contributed by atoms with Crippen molar-refractivity contribution in [1.29, 1.82) is 0 Å². The summed E-state index contributed by atoms with van der Waals surface area (Å²) in [4.78, 5) is 12.5. The molecular weight excluding hydrogens is 273 g/mol. The number of rotatable bonds is 4. The number of ether oxygens (including phenoxy) is 1. The highest BCUT2D eigenvalue weighted by Gasteiger charge is 2.13. The lowest BCUT2D eigenvalue weighted by Gasteiger charge is -2.05. The molecule has 0 aliphatic rings. The fourth-order valence-corrected chi connectivity index (χ4v) is 2.28. The van der Waals surface area contributed by atoms with Gasteiger partial charge in [0.05, 0.1) is 17.5 Å². The van der Waals surface area contributed by atoms with Crippen LogP contribution >= 0.6 is 0 Å². The van der Waals surface area contributed by atoms with Gasteiger partial charge in [0.1, 0.15) is 11.5 Å². The number of aromatic nitrogens is 3. The van der Waals surface area contributed by atoms with Crippen LogP contribution in [0.5, 0.6) is 0 Å². The molecule has 0 saturated carbocycles. The van der Waals surface area contributed by atoms with Gasteiger partial charge in [0, 0.05) is 25.4 Å². The Labute approximate surface area is 120 Å². The van der Waals surface area contributed by atoms with E-state index in [2.05, 4.69) is 10.2 Å². The molecule has 0 spiro atoms. The summed E-state index contributed by atoms with van der Waals surface area (Å²) in [5.74, 6) is -0.362. The zero-order valence-corrected chi connectivity index (χ0v) is 11.5. The Balaban J connectivity index is 2.18. The molecule has 21 heavy (non-hydrogen) atoms. The average molecular weight is 287 g/mol. The second-order valence-electron chi connectivity index (χ2n) is 4.68. The van der Waals surface area contributed by atoms with Gasteiger partial charge in [-0.2, -0.15) is 5.10 Å². The molecule has 1 N–H and O–H groups in total. The number of methoxy groups -OCH3 is 1. The van der Waals surface area contributed by atoms with Crippen molar-refractivity contribution in [2.45, 2.75) is 6.54 Å². The SMILES string of the molecule is COCCn1ccc2[nH]nc(-c3cccc(F)c3)c2c1=O. The predicted molar refractivity (Wildman–Crippen MR) is 77.6 cm³/mol. The molecule has 0 aliphatic carbocycles. The molecule has 0 fully saturated rings. The van der Waals surface area contributed by atoms with Gasteiger partial charge in [0.2, 0.25) is 0 Å². The number of halogens is 1. The highest BCUT2D eigenvalue weighted by Crippen LogP contribution is 2.23. The minimum Gasteiger partial charge on any atom is -0.383 e. The van der Waals surface area contributed by atoms with E-state index in [1.54, 1.807) is 36.1 Å². The van der Waals surface area contributed by atoms with E-state index in [0.717, 1.165) is 0 Å². The highest BCUT2D eigenvalue weighted by atomic mass is 19.1. The summed E-state index contributed by atoms with van der Waals surface area (Å²) in [5, 5.41) is 7.42. The molecule has 3 rings (SSSR count). The molecule has 5 nitrogen and oxygen atoms in total. The average Bonchev–Trinajstić information content (AvgIpc) is 2.91. The van der Waals surface area contributed by atoms with E-state index >= 15 is 0 Å². The minimum absolute atomic E-state index is 0.169. The first kappa shape index (κ1) is 13.5. The molecular formula is C15H14FN3O2. The molecule has 0 aliphatic heterocycles. The van der Waals surface area contributed by atoms with Gasteiger partial charge >= 0.3 is 0 Å². The Bertz CT molecular complexity index is 838. The van der Waals surface area contributed by atoms with E-state index in [-0.39, 0.29) is 11.4 Å². The Morgan fingerprint density at radius 3 is 3.00 bits per heavy atom. The maximum Gasteiger partial charge on any atom is 0.262 e. The van der Waals surface area contributed by atoms with E-state index in [4.69, 9.17) is 4.74 Å². The van der Waals surface area contributed by atoms with E-state index in [1.165, 1.54) is 12.1 Å². The first-order valence-corrected chi connectivity index (χ1v) is 6.53. The van der Waals surface area contributed by atoms with Gasteiger partial charge in [-0.05, 0) is 18.2 Å². The Kier molecular flexibility index (Phi) is 3.53. The molecule has 6 heteroatoms. The van der Waals surface area contributed by atoms with Crippen LogP contribution in [0.25, 0.3) is 22.2 Å². The minimum atomic E-state index is -0.362. The zero-order chi connectivity index (χ0) is 14.8. The third kappa shape index (κ3) is 2.45. The van der Waals surface area contributed by atoms with Gasteiger partial charge in [0.15, 0.2) is 0 Å². The number of pyridine rings is 1. The van der Waals surface area contributed by atoms with Gasteiger partial charge < -0.3 is 9.30 Å². The number of hydrogen-bond acceptors (Lipinski definition) is 3. The Hall–Kier alpha value is -2.47. The van der Waals surface area contributed by atoms with Crippen molar-refractivity contribution in [2.24, 2.45) is 0 Å². The van der Waals surface area contributed by atoms with Gasteiger partial charge in [-0.25, -0.2) is 4.39 Å². The fraction of sp³-hybridized carbons (Fsp3) is 0.200. The first-order chi connectivity index (χ1) is 10.2. The normalized spacial score (nSPS) is 11.1. The Morgan fingerprint density at radius 1 is 1.38 bits per heavy atom. The second kappa shape index (κ2) is 5.49. The van der Waals surface area contributed by atoms with Crippen molar-refractivity contribution in [3.05, 3.63) is 52.7 Å². The van der Waals surface area contributed by atoms with Crippen LogP contribution in [-0.2, 0) is 11.3 Å². The highest BCUT2D eigenvalue weighted by molar-refractivity contribution is 5.91. The third-order valence-electron chi connectivity index (χ3n) is 3.32. The van der Waals surface area contributed by atoms with Crippen LogP contribution < -0.4 is 5.56 Å². The van der Waals surface area contributed by atoms with Crippen LogP contribution in [0.4, 0.5) is 4.39 Å². The van der Waals surface area contributed by atoms with Crippen molar-refractivity contribution in [1.82, 2.24) is 14.8 Å². The predicted octanol–water partition coefficient (Wildman–Crippen LogP) is 2.18. The zero-order valence-electron chi connectivity index (χ0n) is 11.5. The van der Waals surface area contributed by atoms with Gasteiger partial charge in [0.25, 0.3) is 5.56 Å². The van der Waals surface area contributed by atoms with Crippen molar-refractivity contribution in [3.8, 4) is 11.3 Å². The van der Waals surface area contributed by atoms with Crippen molar-refractivity contribution >= 4 is 10.9 Å². The van der Waals surface area contributed by atoms with E-state index in [1.807, 2.05) is 0 Å². The van der Waals surface area contributed by atoms with Crippen LogP contribution in [0.2, 0.25) is 0 Å². The van der Waals surface area contributed by atoms with Crippen molar-refractivity contribution in [3.63, 3.8) is 0 Å². The number of benzene rings is 1. The molecule has 2 aromatic heterocycles. The van der Waals surface area contributed by atoms with Crippen LogP contribution in [0, 0.1) is 5.82 Å². The van der Waals surface area contributed by atoms with Crippen LogP contribution in [0.15, 0.2) is 41.3 Å². The summed E-state index contributed by atoms with van der Waals surface area (Å²) in [6.45, 7) is 0.900. The number of hydrogen-bond donors (Lipinski definition) is 1. The molecule has 0 radical (unpaired) electrons. The lowest BCUT2D eigenvalue weighted by molar-refractivity contribution is 0.186. The lowest BCUT2D eigenvalue weighted by Crippen LogP contribution is -2.21. The third-order valence-corrected chi connectivity index (χ3v) is 3.32. The molecule has 1 aromatic carbocycles. The van der Waals surface area contributed by atoms with Crippen LogP contribution in [0.1, 0.15) is 0 Å². The van der Waals surface area contributed by atoms with Crippen LogP contribution in [-0.4, -0.2) is 28.5 Å². The number of aromatic amines is 1. The summed E-state index contributed by atoms with van der Waals surface area (Å²) < 4.78 is 19.9. The van der Waals surface area contributed by atoms with E-state index in [0.29, 0.717) is 35.3 Å². The van der Waals surface area contributed by atoms with Crippen LogP contribution in [0.3, 0.4) is 0 Å². The smallest absolute Gasteiger partial charge is 0.262 e. The maximum atomic E-state index is 13.4. The summed E-state index contributed by atoms with van der Waals surface area (Å²) in [5.41, 5.74) is 1.49. The van der Waals surface area contributed by atoms with E-state index < -0.39 is 0 Å². The summed E-state index contributed by atoms with van der Waals surface area (Å²) >= 11 is 0. The first-order valence-electron chi connectivity index (χ1n) is 6.53. The maximum absolute atomic E-state index is 13.4. The molecule has 0 amide bonds. The lowest BCUT2D eigenvalue weighted by atomic mass is 10.1. The summed E-state index contributed by atoms with van der Waals surface area (Å²) in [6, 6.07) is 7.82. The number of fused-ring (bicyclic) bond motifs is 1. The molecule has 2 heterocycles. The summed E-state index contributed by atoms with van der Waals surface area (Å²) in [7, 11) is 1.58. The van der Waals surface area contributed by atoms with Crippen molar-refractivity contribution in [2.75, 3.05) is 13.7 Å². The van der Waals surface area contributed by atoms with Gasteiger partial charge in [-0.3, -0.25) is 9.89 Å². The number of nitrogens with zero attached hydrogens (tertiary/aromatic N) is 2. The Morgan fingerprint density at radius 2 is 2.24 bits per heavy atom. The largest absolute Gasteiger partial charge is 0.383 e. The number of nitrogens with one attached hydrogen (secondary N) is 1. The molecule has 108 valence electrons. The van der Waals surface area contributed by atoms with Gasteiger partial charge in [-0.1, -0.05) is 12.1 Å². The number of H-pyrrole nitrogens is 1. The second-order valence-corrected chi connectivity index (χ2v) is 4.68. The van der Waals surface area contributed by atoms with Crippen molar-refractivity contribution < 1.29 is 9.13 Å². The van der Waals surface area contributed by atoms with E-state index in [9.17, 15) is 9.18 Å². The molecule has 0 saturated heterocycles. The molecule has 0 unspecified atom stereocenters.